The molecule has 0 saturated heterocycles. The molecule has 0 heterocycles. The molecular formula is C20H19BrClN. The molecule has 0 spiro atoms. The Morgan fingerprint density at radius 2 is 1.74 bits per heavy atom. The van der Waals surface area contributed by atoms with Crippen LogP contribution < -0.4 is 5.73 Å². The SMILES string of the molecule is Cl.N[C@]1(Cc2ccc3ccccc3c2)C[C@@H]1c1cccc(Br)c1. The summed E-state index contributed by atoms with van der Waals surface area (Å²) in [6, 6.07) is 23.7. The van der Waals surface area contributed by atoms with Crippen molar-refractivity contribution in [3.63, 3.8) is 0 Å². The van der Waals surface area contributed by atoms with E-state index in [1.165, 1.54) is 21.9 Å². The first-order chi connectivity index (χ1) is 10.6. The standard InChI is InChI=1S/C20H18BrN.ClH/c21-18-7-3-6-17(11-18)19-13-20(19,22)12-14-8-9-15-4-1-2-5-16(15)10-14;/h1-11,19H,12-13,22H2;1H/t19-,20-;/m1./s1. The molecule has 0 amide bonds. The molecule has 0 aliphatic heterocycles. The lowest BCUT2D eigenvalue weighted by atomic mass is 9.97. The van der Waals surface area contributed by atoms with E-state index in [1.807, 2.05) is 0 Å². The first-order valence-corrected chi connectivity index (χ1v) is 8.45. The molecule has 4 rings (SSSR count). The maximum absolute atomic E-state index is 6.63. The fourth-order valence-electron chi connectivity index (χ4n) is 3.42. The molecule has 3 aromatic carbocycles. The Labute approximate surface area is 151 Å². The van der Waals surface area contributed by atoms with Gasteiger partial charge in [-0.3, -0.25) is 0 Å². The van der Waals surface area contributed by atoms with Crippen LogP contribution in [0.5, 0.6) is 0 Å². The highest BCUT2D eigenvalue weighted by Crippen LogP contribution is 2.51. The van der Waals surface area contributed by atoms with Gasteiger partial charge in [-0.15, -0.1) is 12.4 Å². The van der Waals surface area contributed by atoms with Crippen LogP contribution in [0.25, 0.3) is 10.8 Å². The van der Waals surface area contributed by atoms with Crippen LogP contribution in [0.15, 0.2) is 71.2 Å². The molecule has 1 nitrogen and oxygen atoms in total. The molecule has 2 N–H and O–H groups in total. The van der Waals surface area contributed by atoms with Crippen molar-refractivity contribution in [2.24, 2.45) is 5.73 Å². The van der Waals surface area contributed by atoms with Crippen LogP contribution >= 0.6 is 28.3 Å². The van der Waals surface area contributed by atoms with Gasteiger partial charge in [0, 0.05) is 15.9 Å². The highest BCUT2D eigenvalue weighted by molar-refractivity contribution is 9.10. The summed E-state index contributed by atoms with van der Waals surface area (Å²) in [5.74, 6) is 0.469. The van der Waals surface area contributed by atoms with Gasteiger partial charge in [-0.05, 0) is 46.9 Å². The van der Waals surface area contributed by atoms with Crippen molar-refractivity contribution in [3.8, 4) is 0 Å². The molecule has 1 aliphatic carbocycles. The van der Waals surface area contributed by atoms with Crippen LogP contribution in [0.4, 0.5) is 0 Å². The normalized spacial score (nSPS) is 22.6. The molecule has 0 aromatic heterocycles. The highest BCUT2D eigenvalue weighted by Gasteiger charge is 2.51. The predicted octanol–water partition coefficient (Wildman–Crippen LogP) is 5.45. The molecule has 3 heteroatoms. The summed E-state index contributed by atoms with van der Waals surface area (Å²) < 4.78 is 1.13. The number of rotatable bonds is 3. The molecule has 0 unspecified atom stereocenters. The number of benzene rings is 3. The Balaban J connectivity index is 0.00000156. The second kappa shape index (κ2) is 6.27. The van der Waals surface area contributed by atoms with Crippen LogP contribution in [0.2, 0.25) is 0 Å². The molecule has 0 radical (unpaired) electrons. The maximum atomic E-state index is 6.63. The van der Waals surface area contributed by atoms with E-state index in [0.717, 1.165) is 17.3 Å². The van der Waals surface area contributed by atoms with Crippen molar-refractivity contribution in [2.45, 2.75) is 24.3 Å². The van der Waals surface area contributed by atoms with Gasteiger partial charge in [-0.1, -0.05) is 70.5 Å². The van der Waals surface area contributed by atoms with Crippen molar-refractivity contribution in [3.05, 3.63) is 82.3 Å². The van der Waals surface area contributed by atoms with Gasteiger partial charge in [-0.25, -0.2) is 0 Å². The average molecular weight is 389 g/mol. The number of fused-ring (bicyclic) bond motifs is 1. The third-order valence-corrected chi connectivity index (χ3v) is 5.21. The average Bonchev–Trinajstić information content (AvgIpc) is 3.18. The van der Waals surface area contributed by atoms with E-state index in [2.05, 4.69) is 82.7 Å². The van der Waals surface area contributed by atoms with Crippen molar-refractivity contribution in [2.75, 3.05) is 0 Å². The van der Waals surface area contributed by atoms with Gasteiger partial charge in [0.25, 0.3) is 0 Å². The number of nitrogens with two attached hydrogens (primary N) is 1. The molecule has 1 fully saturated rings. The minimum atomic E-state index is -0.0940. The highest BCUT2D eigenvalue weighted by atomic mass is 79.9. The smallest absolute Gasteiger partial charge is 0.0271 e. The minimum Gasteiger partial charge on any atom is -0.324 e. The topological polar surface area (TPSA) is 26.0 Å². The van der Waals surface area contributed by atoms with Gasteiger partial charge >= 0.3 is 0 Å². The monoisotopic (exact) mass is 387 g/mol. The van der Waals surface area contributed by atoms with Crippen LogP contribution in [0, 0.1) is 0 Å². The zero-order valence-corrected chi connectivity index (χ0v) is 15.1. The summed E-state index contributed by atoms with van der Waals surface area (Å²) in [7, 11) is 0. The second-order valence-corrected chi connectivity index (χ2v) is 7.32. The molecule has 118 valence electrons. The molecule has 0 bridgehead atoms. The predicted molar refractivity (Wildman–Crippen MR) is 103 cm³/mol. The van der Waals surface area contributed by atoms with Gasteiger partial charge in [0.05, 0.1) is 0 Å². The van der Waals surface area contributed by atoms with E-state index in [1.54, 1.807) is 0 Å². The maximum Gasteiger partial charge on any atom is 0.0271 e. The Hall–Kier alpha value is -1.35. The summed E-state index contributed by atoms with van der Waals surface area (Å²) in [6.45, 7) is 0. The summed E-state index contributed by atoms with van der Waals surface area (Å²) in [6.07, 6.45) is 2.01. The lowest BCUT2D eigenvalue weighted by Gasteiger charge is -2.13. The zero-order valence-electron chi connectivity index (χ0n) is 12.7. The van der Waals surface area contributed by atoms with Crippen LogP contribution in [-0.4, -0.2) is 5.54 Å². The van der Waals surface area contributed by atoms with Gasteiger partial charge in [0.2, 0.25) is 0 Å². The molecule has 1 saturated carbocycles. The Morgan fingerprint density at radius 3 is 2.52 bits per heavy atom. The number of hydrogen-bond donors (Lipinski definition) is 1. The fourth-order valence-corrected chi connectivity index (χ4v) is 3.84. The number of hydrogen-bond acceptors (Lipinski definition) is 1. The summed E-state index contributed by atoms with van der Waals surface area (Å²) in [5.41, 5.74) is 9.22. The lowest BCUT2D eigenvalue weighted by molar-refractivity contribution is 0.646. The number of halogens is 2. The van der Waals surface area contributed by atoms with Crippen molar-refractivity contribution in [1.82, 2.24) is 0 Å². The molecule has 2 atom stereocenters. The van der Waals surface area contributed by atoms with Crippen LogP contribution in [0.3, 0.4) is 0 Å². The summed E-state index contributed by atoms with van der Waals surface area (Å²) in [5, 5.41) is 2.58. The quantitative estimate of drug-likeness (QED) is 0.634. The van der Waals surface area contributed by atoms with Crippen LogP contribution in [-0.2, 0) is 6.42 Å². The van der Waals surface area contributed by atoms with E-state index in [4.69, 9.17) is 5.73 Å². The summed E-state index contributed by atoms with van der Waals surface area (Å²) >= 11 is 3.55. The second-order valence-electron chi connectivity index (χ2n) is 6.40. The third kappa shape index (κ3) is 3.30. The minimum absolute atomic E-state index is 0. The first-order valence-electron chi connectivity index (χ1n) is 7.66. The van der Waals surface area contributed by atoms with E-state index < -0.39 is 0 Å². The Morgan fingerprint density at radius 1 is 0.957 bits per heavy atom. The Bertz CT molecular complexity index is 848. The largest absolute Gasteiger partial charge is 0.324 e. The molecule has 3 aromatic rings. The van der Waals surface area contributed by atoms with Gasteiger partial charge in [0.15, 0.2) is 0 Å². The zero-order chi connectivity index (χ0) is 15.2. The molecule has 1 aliphatic rings. The van der Waals surface area contributed by atoms with Crippen LogP contribution in [0.1, 0.15) is 23.5 Å². The molecule has 23 heavy (non-hydrogen) atoms. The van der Waals surface area contributed by atoms with E-state index in [9.17, 15) is 0 Å². The van der Waals surface area contributed by atoms with Gasteiger partial charge in [0.1, 0.15) is 0 Å². The van der Waals surface area contributed by atoms with E-state index in [-0.39, 0.29) is 17.9 Å². The first kappa shape index (κ1) is 16.5. The van der Waals surface area contributed by atoms with Gasteiger partial charge in [-0.2, -0.15) is 0 Å². The van der Waals surface area contributed by atoms with E-state index in [0.29, 0.717) is 5.92 Å². The van der Waals surface area contributed by atoms with E-state index >= 15 is 0 Å². The Kier molecular flexibility index (Phi) is 4.50. The van der Waals surface area contributed by atoms with Crippen molar-refractivity contribution < 1.29 is 0 Å². The third-order valence-electron chi connectivity index (χ3n) is 4.72. The summed E-state index contributed by atoms with van der Waals surface area (Å²) in [4.78, 5) is 0. The fraction of sp³-hybridized carbons (Fsp3) is 0.200. The molecular weight excluding hydrogens is 370 g/mol. The van der Waals surface area contributed by atoms with Gasteiger partial charge < -0.3 is 5.73 Å². The van der Waals surface area contributed by atoms with Crippen molar-refractivity contribution in [1.29, 1.82) is 0 Å². The van der Waals surface area contributed by atoms with Crippen molar-refractivity contribution >= 4 is 39.1 Å². The lowest BCUT2D eigenvalue weighted by Crippen LogP contribution is -2.27.